The Kier molecular flexibility index (Phi) is 26.4. The van der Waals surface area contributed by atoms with E-state index in [2.05, 4.69) is 266 Å². The maximum absolute atomic E-state index is 6.70. The molecule has 0 aromatic heterocycles. The molecular formula is C103H94I2O15. The molecule has 19 rings (SSSR count). The molecule has 0 bridgehead atoms. The Balaban J connectivity index is 0.000000140. The van der Waals surface area contributed by atoms with Gasteiger partial charge in [0.25, 0.3) is 0 Å². The van der Waals surface area contributed by atoms with Gasteiger partial charge >= 0.3 is 0 Å². The highest BCUT2D eigenvalue weighted by molar-refractivity contribution is 14.1. The topological polar surface area (TPSA) is 138 Å². The lowest BCUT2D eigenvalue weighted by molar-refractivity contribution is -0.0877. The first kappa shape index (κ1) is 84.5. The summed E-state index contributed by atoms with van der Waals surface area (Å²) < 4.78 is 87.4. The Morgan fingerprint density at radius 3 is 0.942 bits per heavy atom. The number of benzene rings is 16. The van der Waals surface area contributed by atoms with Crippen molar-refractivity contribution >= 4 is 110 Å². The van der Waals surface area contributed by atoms with Crippen molar-refractivity contribution in [2.75, 3.05) is 92.4 Å². The molecule has 0 fully saturated rings. The van der Waals surface area contributed by atoms with Crippen molar-refractivity contribution in [1.82, 2.24) is 0 Å². The van der Waals surface area contributed by atoms with Crippen LogP contribution in [0.15, 0.2) is 267 Å². The molecule has 0 saturated heterocycles. The fourth-order valence-corrected chi connectivity index (χ4v) is 18.4. The van der Waals surface area contributed by atoms with Crippen molar-refractivity contribution in [3.8, 4) is 97.4 Å². The minimum absolute atomic E-state index is 0. The fourth-order valence-electron chi connectivity index (χ4n) is 16.4. The first-order valence-corrected chi connectivity index (χ1v) is 40.8. The Morgan fingerprint density at radius 1 is 0.267 bits per heavy atom. The SMILES string of the molecule is C.COC.COC(C)OC.COc1ccc2ccc(OC)c(C3c4cc(I)cc(I)c4Oc4ccc5ccc(OC)cc5c43)c2c1.COc1ccc2ccc(OC)c(C3c4ccc(-c5ccccc5)cc4Oc4ccc5ccc(OC)cc5c43)c2c1.COc1ccc2ccc(OC)c(C3c4ccccc4Oc4ccc5ccc(OC)cc5c43)c2c1. The van der Waals surface area contributed by atoms with Crippen molar-refractivity contribution in [3.63, 3.8) is 0 Å². The summed E-state index contributed by atoms with van der Waals surface area (Å²) in [7, 11) is 21.8. The van der Waals surface area contributed by atoms with E-state index in [1.807, 2.05) is 67.6 Å². The van der Waals surface area contributed by atoms with Crippen LogP contribution in [-0.4, -0.2) is 98.7 Å². The molecule has 16 aromatic carbocycles. The van der Waals surface area contributed by atoms with E-state index < -0.39 is 0 Å². The van der Waals surface area contributed by atoms with Gasteiger partial charge in [-0.1, -0.05) is 141 Å². The van der Waals surface area contributed by atoms with Crippen LogP contribution in [0.1, 0.15) is 82.2 Å². The second-order valence-corrected chi connectivity index (χ2v) is 30.9. The highest BCUT2D eigenvalue weighted by atomic mass is 127. The van der Waals surface area contributed by atoms with E-state index >= 15 is 0 Å². The summed E-state index contributed by atoms with van der Waals surface area (Å²) in [4.78, 5) is 0. The van der Waals surface area contributed by atoms with E-state index in [1.54, 1.807) is 92.4 Å². The molecule has 0 N–H and O–H groups in total. The number of halogens is 2. The highest BCUT2D eigenvalue weighted by Crippen LogP contribution is 2.59. The van der Waals surface area contributed by atoms with E-state index in [0.29, 0.717) is 0 Å². The minimum Gasteiger partial charge on any atom is -0.497 e. The van der Waals surface area contributed by atoms with Crippen LogP contribution in [0.25, 0.3) is 75.8 Å². The zero-order chi connectivity index (χ0) is 83.1. The molecule has 0 saturated carbocycles. The quantitative estimate of drug-likeness (QED) is 0.0710. The summed E-state index contributed by atoms with van der Waals surface area (Å²) in [6.07, 6.45) is -0.0648. The number of fused-ring (bicyclic) bond motifs is 15. The summed E-state index contributed by atoms with van der Waals surface area (Å²) in [6, 6.07) is 91.7. The Morgan fingerprint density at radius 2 is 0.583 bits per heavy atom. The Bertz CT molecular complexity index is 6430. The molecule has 3 aliphatic rings. The van der Waals surface area contributed by atoms with Gasteiger partial charge in [-0.3, -0.25) is 0 Å². The number of para-hydroxylation sites is 1. The molecule has 3 aliphatic heterocycles. The van der Waals surface area contributed by atoms with Gasteiger partial charge in [0.15, 0.2) is 6.29 Å². The summed E-state index contributed by atoms with van der Waals surface area (Å²) in [5, 5.41) is 13.3. The molecule has 120 heavy (non-hydrogen) atoms. The van der Waals surface area contributed by atoms with Crippen LogP contribution >= 0.6 is 45.2 Å². The maximum atomic E-state index is 6.70. The smallest absolute Gasteiger partial charge is 0.154 e. The predicted octanol–water partition coefficient (Wildman–Crippen LogP) is 26.3. The first-order valence-electron chi connectivity index (χ1n) is 38.7. The van der Waals surface area contributed by atoms with Crippen molar-refractivity contribution < 1.29 is 71.1 Å². The van der Waals surface area contributed by atoms with Gasteiger partial charge in [-0.15, -0.1) is 0 Å². The van der Waals surface area contributed by atoms with E-state index in [-0.39, 0.29) is 31.5 Å². The van der Waals surface area contributed by atoms with Crippen LogP contribution in [-0.2, 0) is 14.2 Å². The average molecular weight is 1830 g/mol. The number of hydrogen-bond acceptors (Lipinski definition) is 15. The van der Waals surface area contributed by atoms with Gasteiger partial charge in [-0.05, 0) is 261 Å². The van der Waals surface area contributed by atoms with E-state index in [1.165, 1.54) is 0 Å². The lowest BCUT2D eigenvalue weighted by Gasteiger charge is -2.32. The number of methoxy groups -OCH3 is 12. The molecule has 0 radical (unpaired) electrons. The predicted molar refractivity (Wildman–Crippen MR) is 499 cm³/mol. The first-order chi connectivity index (χ1) is 58.1. The zero-order valence-electron chi connectivity index (χ0n) is 68.6. The summed E-state index contributed by atoms with van der Waals surface area (Å²) in [5.41, 5.74) is 12.1. The normalized spacial score (nSPS) is 13.6. The second-order valence-electron chi connectivity index (χ2n) is 28.5. The van der Waals surface area contributed by atoms with Gasteiger partial charge in [-0.2, -0.15) is 0 Å². The summed E-state index contributed by atoms with van der Waals surface area (Å²) >= 11 is 4.76. The third-order valence-electron chi connectivity index (χ3n) is 22.1. The van der Waals surface area contributed by atoms with Crippen LogP contribution in [0.2, 0.25) is 0 Å². The minimum atomic E-state index is -0.162. The molecular weight excluding hydrogens is 1730 g/mol. The molecule has 17 heteroatoms. The van der Waals surface area contributed by atoms with Crippen LogP contribution in [0, 0.1) is 7.14 Å². The van der Waals surface area contributed by atoms with E-state index in [0.717, 1.165) is 219 Å². The van der Waals surface area contributed by atoms with Gasteiger partial charge in [0.2, 0.25) is 0 Å². The lowest BCUT2D eigenvalue weighted by Crippen LogP contribution is -2.15. The van der Waals surface area contributed by atoms with Crippen LogP contribution in [0.5, 0.6) is 86.2 Å². The fraction of sp³-hybridized carbons (Fsp3) is 0.184. The maximum Gasteiger partial charge on any atom is 0.154 e. The summed E-state index contributed by atoms with van der Waals surface area (Å²) in [6.45, 7) is 1.83. The third-order valence-corrected chi connectivity index (χ3v) is 23.5. The number of ether oxygens (including phenoxy) is 15. The van der Waals surface area contributed by atoms with Crippen molar-refractivity contribution in [3.05, 3.63) is 324 Å². The zero-order valence-corrected chi connectivity index (χ0v) is 72.9. The highest BCUT2D eigenvalue weighted by Gasteiger charge is 2.39. The van der Waals surface area contributed by atoms with Crippen molar-refractivity contribution in [1.29, 1.82) is 0 Å². The Hall–Kier alpha value is -12.0. The molecule has 3 heterocycles. The van der Waals surface area contributed by atoms with Gasteiger partial charge in [0.1, 0.15) is 86.2 Å². The van der Waals surface area contributed by atoms with Gasteiger partial charge in [-0.25, -0.2) is 0 Å². The van der Waals surface area contributed by atoms with Gasteiger partial charge in [0, 0.05) is 99.8 Å². The third kappa shape index (κ3) is 16.5. The second kappa shape index (κ2) is 37.5. The standard InChI is InChI=1S/C36H28O4.C30H22I2O4.C30H24O4.C4H10O2.C2H6O.CH4/c1-37-26-14-9-23-12-17-31(39-3)34(29(23)20-26)36-28-16-11-25(22-7-5-4-6-8-22)19-33(28)40-32-18-13-24-10-15-27(38-2)21-30(24)35(32)36;1-33-19-8-4-16-6-10-25(35-3)27(21(16)14-19)29-23-12-18(31)13-24(32)30(23)36-26-11-7-17-5-9-20(34-2)15-22(17)28(26)29;1-31-20-12-8-18-10-14-26(33-3)28(23(18)16-20)30-22-6-4-5-7-25(22)34-27-15-11-19-9-13-21(32-2)17-24(19)29(27)30;1-4(5-2)6-3;1-3-2;/h4-21,36H,1-3H3;4-15,29H,1-3H3;4-17,30H,1-3H3;4H,1-3H3;1-2H3;1H4. The van der Waals surface area contributed by atoms with Gasteiger partial charge in [0.05, 0.1) is 67.6 Å². The number of hydrogen-bond donors (Lipinski definition) is 0. The van der Waals surface area contributed by atoms with Crippen molar-refractivity contribution in [2.24, 2.45) is 0 Å². The van der Waals surface area contributed by atoms with E-state index in [9.17, 15) is 0 Å². The van der Waals surface area contributed by atoms with Gasteiger partial charge < -0.3 is 71.1 Å². The monoisotopic (exact) mass is 1820 g/mol. The largest absolute Gasteiger partial charge is 0.497 e. The van der Waals surface area contributed by atoms with E-state index in [4.69, 9.17) is 56.8 Å². The van der Waals surface area contributed by atoms with Crippen molar-refractivity contribution in [2.45, 2.75) is 38.4 Å². The molecule has 3 unspecified atom stereocenters. The summed E-state index contributed by atoms with van der Waals surface area (Å²) in [5.74, 6) is 12.0. The molecule has 610 valence electrons. The molecule has 3 atom stereocenters. The van der Waals surface area contributed by atoms with Crippen LogP contribution in [0.4, 0.5) is 0 Å². The van der Waals surface area contributed by atoms with Crippen LogP contribution in [0.3, 0.4) is 0 Å². The number of rotatable bonds is 15. The molecule has 16 aromatic rings. The molecule has 0 amide bonds. The lowest BCUT2D eigenvalue weighted by atomic mass is 9.78. The molecule has 15 nitrogen and oxygen atoms in total. The molecule has 0 aliphatic carbocycles. The average Bonchev–Trinajstić information content (AvgIpc) is 0.723. The Labute approximate surface area is 727 Å². The van der Waals surface area contributed by atoms with Crippen LogP contribution < -0.4 is 56.8 Å². The molecule has 0 spiro atoms.